The molecule has 0 bridgehead atoms. The lowest BCUT2D eigenvalue weighted by molar-refractivity contribution is -0.158. The minimum Gasteiger partial charge on any atom is -0.457 e. The number of ether oxygens (including phenoxy) is 1. The quantitative estimate of drug-likeness (QED) is 0.417. The third kappa shape index (κ3) is 3.93. The van der Waals surface area contributed by atoms with E-state index in [0.717, 1.165) is 12.8 Å². The molecule has 16 heavy (non-hydrogen) atoms. The Balaban J connectivity index is 0.00000225. The van der Waals surface area contributed by atoms with E-state index < -0.39 is 5.97 Å². The first-order valence-corrected chi connectivity index (χ1v) is 5.70. The maximum Gasteiger partial charge on any atom is 0.371 e. The largest absolute Gasteiger partial charge is 0.457 e. The summed E-state index contributed by atoms with van der Waals surface area (Å²) in [5.41, 5.74) is 0. The summed E-state index contributed by atoms with van der Waals surface area (Å²) in [7, 11) is 0. The number of esters is 1. The average Bonchev–Trinajstić information content (AvgIpc) is 2.17. The van der Waals surface area contributed by atoms with Crippen molar-refractivity contribution in [2.75, 3.05) is 0 Å². The number of carbonyl (C=O) groups excluding carboxylic acids is 2. The van der Waals surface area contributed by atoms with Gasteiger partial charge in [-0.15, -0.1) is 0 Å². The topological polar surface area (TPSA) is 74.9 Å². The summed E-state index contributed by atoms with van der Waals surface area (Å²) in [6.07, 6.45) is 3.37. The van der Waals surface area contributed by atoms with Crippen LogP contribution in [0.4, 0.5) is 0 Å². The molecule has 4 heteroatoms. The van der Waals surface area contributed by atoms with E-state index >= 15 is 0 Å². The van der Waals surface area contributed by atoms with E-state index in [1.807, 2.05) is 0 Å². The van der Waals surface area contributed by atoms with Crippen molar-refractivity contribution >= 4 is 12.3 Å². The number of hydrogen-bond donors (Lipinski definition) is 0. The lowest BCUT2D eigenvalue weighted by Crippen LogP contribution is -2.36. The van der Waals surface area contributed by atoms with Crippen molar-refractivity contribution in [1.82, 2.24) is 0 Å². The van der Waals surface area contributed by atoms with E-state index in [-0.39, 0.29) is 17.9 Å². The summed E-state index contributed by atoms with van der Waals surface area (Å²) in [4.78, 5) is 21.2. The van der Waals surface area contributed by atoms with E-state index in [0.29, 0.717) is 17.8 Å². The van der Waals surface area contributed by atoms with Gasteiger partial charge in [0.15, 0.2) is 0 Å². The van der Waals surface area contributed by atoms with Crippen LogP contribution in [0.25, 0.3) is 0 Å². The molecule has 1 aliphatic rings. The molecule has 0 heterocycles. The molecule has 3 atom stereocenters. The van der Waals surface area contributed by atoms with Gasteiger partial charge in [0.1, 0.15) is 6.10 Å². The molecule has 1 rings (SSSR count). The fourth-order valence-electron chi connectivity index (χ4n) is 2.43. The summed E-state index contributed by atoms with van der Waals surface area (Å²) in [5.74, 6) is 0.774. The Morgan fingerprint density at radius 3 is 2.50 bits per heavy atom. The highest BCUT2D eigenvalue weighted by atomic mass is 16.5. The van der Waals surface area contributed by atoms with Gasteiger partial charge in [-0.1, -0.05) is 27.2 Å². The van der Waals surface area contributed by atoms with Gasteiger partial charge in [0.05, 0.1) is 0 Å². The molecular formula is C12H22O4. The van der Waals surface area contributed by atoms with Crippen LogP contribution >= 0.6 is 0 Å². The fraction of sp³-hybridized carbons (Fsp3) is 0.833. The normalized spacial score (nSPS) is 29.4. The number of rotatable bonds is 3. The van der Waals surface area contributed by atoms with E-state index in [1.54, 1.807) is 0 Å². The minimum absolute atomic E-state index is 0. The summed E-state index contributed by atoms with van der Waals surface area (Å²) in [6, 6.07) is 0. The van der Waals surface area contributed by atoms with Gasteiger partial charge in [-0.25, -0.2) is 4.79 Å². The molecule has 0 aromatic rings. The minimum atomic E-state index is -0.722. The molecule has 1 aliphatic carbocycles. The van der Waals surface area contributed by atoms with Gasteiger partial charge in [0, 0.05) is 0 Å². The van der Waals surface area contributed by atoms with Crippen LogP contribution in [0.5, 0.6) is 0 Å². The van der Waals surface area contributed by atoms with Crippen LogP contribution in [-0.4, -0.2) is 23.8 Å². The Bertz CT molecular complexity index is 237. The first-order valence-electron chi connectivity index (χ1n) is 5.70. The SMILES string of the molecule is CC(C)C1CC[C@H](C)CC1OC(=O)C=O.O. The van der Waals surface area contributed by atoms with E-state index in [2.05, 4.69) is 20.8 Å². The molecule has 0 saturated heterocycles. The summed E-state index contributed by atoms with van der Waals surface area (Å²) < 4.78 is 5.18. The van der Waals surface area contributed by atoms with Crippen LogP contribution in [0.2, 0.25) is 0 Å². The molecule has 4 nitrogen and oxygen atoms in total. The van der Waals surface area contributed by atoms with Crippen LogP contribution < -0.4 is 0 Å². The van der Waals surface area contributed by atoms with Gasteiger partial charge < -0.3 is 10.2 Å². The monoisotopic (exact) mass is 230 g/mol. The van der Waals surface area contributed by atoms with E-state index in [4.69, 9.17) is 4.74 Å². The highest BCUT2D eigenvalue weighted by Crippen LogP contribution is 2.35. The lowest BCUT2D eigenvalue weighted by Gasteiger charge is -2.36. The first-order chi connectivity index (χ1) is 7.04. The molecule has 0 radical (unpaired) electrons. The molecule has 0 amide bonds. The Kier molecular flexibility index (Phi) is 6.26. The predicted molar refractivity (Wildman–Crippen MR) is 60.9 cm³/mol. The van der Waals surface area contributed by atoms with Crippen LogP contribution in [-0.2, 0) is 14.3 Å². The molecule has 0 aromatic heterocycles. The summed E-state index contributed by atoms with van der Waals surface area (Å²) in [5, 5.41) is 0. The van der Waals surface area contributed by atoms with Crippen LogP contribution in [0.3, 0.4) is 0 Å². The molecule has 1 fully saturated rings. The third-order valence-corrected chi connectivity index (χ3v) is 3.33. The average molecular weight is 230 g/mol. The number of carbonyl (C=O) groups is 2. The zero-order valence-electron chi connectivity index (χ0n) is 10.2. The van der Waals surface area contributed by atoms with Crippen molar-refractivity contribution in [3.05, 3.63) is 0 Å². The van der Waals surface area contributed by atoms with Gasteiger partial charge in [0.2, 0.25) is 6.29 Å². The second-order valence-corrected chi connectivity index (χ2v) is 4.92. The predicted octanol–water partition coefficient (Wildman–Crippen LogP) is 1.36. The van der Waals surface area contributed by atoms with E-state index in [9.17, 15) is 9.59 Å². The molecule has 0 spiro atoms. The first kappa shape index (κ1) is 15.1. The third-order valence-electron chi connectivity index (χ3n) is 3.33. The van der Waals surface area contributed by atoms with Crippen molar-refractivity contribution < 1.29 is 19.8 Å². The molecule has 2 unspecified atom stereocenters. The Hall–Kier alpha value is -0.900. The van der Waals surface area contributed by atoms with Crippen LogP contribution in [0.1, 0.15) is 40.0 Å². The zero-order chi connectivity index (χ0) is 11.4. The maximum atomic E-state index is 11.0. The number of hydrogen-bond acceptors (Lipinski definition) is 3. The molecule has 0 aromatic carbocycles. The van der Waals surface area contributed by atoms with Gasteiger partial charge in [-0.2, -0.15) is 0 Å². The molecule has 2 N–H and O–H groups in total. The maximum absolute atomic E-state index is 11.0. The molecule has 1 saturated carbocycles. The van der Waals surface area contributed by atoms with Crippen molar-refractivity contribution in [2.24, 2.45) is 17.8 Å². The lowest BCUT2D eigenvalue weighted by atomic mass is 9.75. The smallest absolute Gasteiger partial charge is 0.371 e. The van der Waals surface area contributed by atoms with Gasteiger partial charge in [-0.3, -0.25) is 4.79 Å². The van der Waals surface area contributed by atoms with Gasteiger partial charge in [0.25, 0.3) is 0 Å². The van der Waals surface area contributed by atoms with Crippen molar-refractivity contribution in [3.63, 3.8) is 0 Å². The van der Waals surface area contributed by atoms with Gasteiger partial charge in [-0.05, 0) is 30.6 Å². The standard InChI is InChI=1S/C12H20O3.H2O/c1-8(2)10-5-4-9(3)6-11(10)15-12(14)7-13;/h7-11H,4-6H2,1-3H3;1H2/t9-,10?,11?;/m0./s1. The van der Waals surface area contributed by atoms with Gasteiger partial charge >= 0.3 is 5.97 Å². The second-order valence-electron chi connectivity index (χ2n) is 4.92. The highest BCUT2D eigenvalue weighted by Gasteiger charge is 2.33. The Labute approximate surface area is 96.7 Å². The van der Waals surface area contributed by atoms with Crippen LogP contribution in [0, 0.1) is 17.8 Å². The Morgan fingerprint density at radius 2 is 2.00 bits per heavy atom. The molecule has 0 aliphatic heterocycles. The fourth-order valence-corrected chi connectivity index (χ4v) is 2.43. The second kappa shape index (κ2) is 6.63. The molecule has 94 valence electrons. The highest BCUT2D eigenvalue weighted by molar-refractivity contribution is 6.20. The molecular weight excluding hydrogens is 208 g/mol. The van der Waals surface area contributed by atoms with Crippen molar-refractivity contribution in [3.8, 4) is 0 Å². The Morgan fingerprint density at radius 1 is 1.38 bits per heavy atom. The van der Waals surface area contributed by atoms with Crippen LogP contribution in [0.15, 0.2) is 0 Å². The zero-order valence-corrected chi connectivity index (χ0v) is 10.2. The summed E-state index contributed by atoms with van der Waals surface area (Å²) in [6.45, 7) is 6.45. The van der Waals surface area contributed by atoms with Crippen molar-refractivity contribution in [2.45, 2.75) is 46.1 Å². The number of aldehydes is 1. The van der Waals surface area contributed by atoms with E-state index in [1.165, 1.54) is 6.42 Å². The van der Waals surface area contributed by atoms with Crippen molar-refractivity contribution in [1.29, 1.82) is 0 Å². The summed E-state index contributed by atoms with van der Waals surface area (Å²) >= 11 is 0.